The average Bonchev–Trinajstić information content (AvgIpc) is 2.80. The Balaban J connectivity index is 2.03. The van der Waals surface area contributed by atoms with E-state index >= 15 is 0 Å². The van der Waals surface area contributed by atoms with Crippen molar-refractivity contribution in [3.8, 4) is 0 Å². The van der Waals surface area contributed by atoms with Crippen molar-refractivity contribution >= 4 is 17.3 Å². The van der Waals surface area contributed by atoms with Crippen molar-refractivity contribution in [2.45, 2.75) is 40.2 Å². The van der Waals surface area contributed by atoms with Crippen molar-refractivity contribution in [1.29, 1.82) is 0 Å². The zero-order valence-corrected chi connectivity index (χ0v) is 13.0. The Hall–Kier alpha value is -2.23. The molecular formula is C17H22N2O2. The maximum atomic E-state index is 11.3. The topological polar surface area (TPSA) is 54.3 Å². The molecule has 0 radical (unpaired) electrons. The molecule has 112 valence electrons. The molecule has 4 heteroatoms. The van der Waals surface area contributed by atoms with E-state index in [0.717, 1.165) is 28.5 Å². The third-order valence-corrected chi connectivity index (χ3v) is 3.42. The van der Waals surface area contributed by atoms with Gasteiger partial charge in [0.2, 0.25) is 5.91 Å². The number of anilines is 2. The van der Waals surface area contributed by atoms with Crippen LogP contribution in [-0.4, -0.2) is 5.91 Å². The SMILES string of the molecule is CCC(=O)Nc1ccc(NC(C)c2cc(C)oc2C)cc1. The summed E-state index contributed by atoms with van der Waals surface area (Å²) < 4.78 is 5.56. The van der Waals surface area contributed by atoms with Crippen LogP contribution >= 0.6 is 0 Å². The number of benzene rings is 1. The van der Waals surface area contributed by atoms with Gasteiger partial charge in [0.1, 0.15) is 11.5 Å². The third-order valence-electron chi connectivity index (χ3n) is 3.42. The van der Waals surface area contributed by atoms with E-state index in [1.807, 2.05) is 45.0 Å². The molecule has 0 saturated carbocycles. The van der Waals surface area contributed by atoms with E-state index in [2.05, 4.69) is 23.6 Å². The quantitative estimate of drug-likeness (QED) is 0.855. The van der Waals surface area contributed by atoms with Crippen molar-refractivity contribution in [2.24, 2.45) is 0 Å². The second kappa shape index (κ2) is 6.48. The Kier molecular flexibility index (Phi) is 4.68. The first kappa shape index (κ1) is 15.2. The van der Waals surface area contributed by atoms with Gasteiger partial charge in [0.25, 0.3) is 0 Å². The van der Waals surface area contributed by atoms with Gasteiger partial charge in [0.15, 0.2) is 0 Å². The van der Waals surface area contributed by atoms with Crippen LogP contribution in [-0.2, 0) is 4.79 Å². The summed E-state index contributed by atoms with van der Waals surface area (Å²) in [6.45, 7) is 7.87. The summed E-state index contributed by atoms with van der Waals surface area (Å²) >= 11 is 0. The average molecular weight is 286 g/mol. The van der Waals surface area contributed by atoms with E-state index in [1.165, 1.54) is 0 Å². The minimum atomic E-state index is 0.0218. The zero-order chi connectivity index (χ0) is 15.4. The lowest BCUT2D eigenvalue weighted by Gasteiger charge is -2.15. The highest BCUT2D eigenvalue weighted by atomic mass is 16.3. The summed E-state index contributed by atoms with van der Waals surface area (Å²) in [6, 6.07) is 9.95. The van der Waals surface area contributed by atoms with E-state index in [4.69, 9.17) is 4.42 Å². The molecule has 1 aromatic heterocycles. The highest BCUT2D eigenvalue weighted by molar-refractivity contribution is 5.90. The van der Waals surface area contributed by atoms with Gasteiger partial charge in [-0.3, -0.25) is 4.79 Å². The van der Waals surface area contributed by atoms with Crippen LogP contribution in [0.2, 0.25) is 0 Å². The van der Waals surface area contributed by atoms with Gasteiger partial charge in [-0.05, 0) is 51.1 Å². The second-order valence-electron chi connectivity index (χ2n) is 5.21. The van der Waals surface area contributed by atoms with Crippen molar-refractivity contribution < 1.29 is 9.21 Å². The van der Waals surface area contributed by atoms with Gasteiger partial charge in [-0.15, -0.1) is 0 Å². The van der Waals surface area contributed by atoms with Crippen LogP contribution in [0, 0.1) is 13.8 Å². The number of hydrogen-bond donors (Lipinski definition) is 2. The van der Waals surface area contributed by atoms with E-state index < -0.39 is 0 Å². The van der Waals surface area contributed by atoms with Crippen molar-refractivity contribution in [1.82, 2.24) is 0 Å². The fraction of sp³-hybridized carbons (Fsp3) is 0.353. The fourth-order valence-electron chi connectivity index (χ4n) is 2.31. The lowest BCUT2D eigenvalue weighted by atomic mass is 10.1. The molecular weight excluding hydrogens is 264 g/mol. The summed E-state index contributed by atoms with van der Waals surface area (Å²) in [5.41, 5.74) is 2.99. The highest BCUT2D eigenvalue weighted by Crippen LogP contribution is 2.25. The Bertz CT molecular complexity index is 614. The predicted octanol–water partition coefficient (Wildman–Crippen LogP) is 4.42. The van der Waals surface area contributed by atoms with Gasteiger partial charge in [-0.2, -0.15) is 0 Å². The maximum absolute atomic E-state index is 11.3. The van der Waals surface area contributed by atoms with Gasteiger partial charge >= 0.3 is 0 Å². The highest BCUT2D eigenvalue weighted by Gasteiger charge is 2.12. The van der Waals surface area contributed by atoms with E-state index in [0.29, 0.717) is 6.42 Å². The molecule has 0 bridgehead atoms. The Labute approximate surface area is 125 Å². The molecule has 0 fully saturated rings. The Morgan fingerprint density at radius 1 is 1.19 bits per heavy atom. The van der Waals surface area contributed by atoms with Crippen molar-refractivity contribution in [3.05, 3.63) is 47.4 Å². The molecule has 1 aromatic carbocycles. The number of carbonyl (C=O) groups is 1. The number of rotatable bonds is 5. The zero-order valence-electron chi connectivity index (χ0n) is 13.0. The minimum Gasteiger partial charge on any atom is -0.466 e. The first-order chi connectivity index (χ1) is 9.99. The predicted molar refractivity (Wildman–Crippen MR) is 85.6 cm³/mol. The third kappa shape index (κ3) is 3.88. The molecule has 0 aliphatic carbocycles. The summed E-state index contributed by atoms with van der Waals surface area (Å²) in [6.07, 6.45) is 0.482. The monoisotopic (exact) mass is 286 g/mol. The number of aryl methyl sites for hydroxylation is 2. The molecule has 0 aliphatic rings. The molecule has 2 rings (SSSR count). The van der Waals surface area contributed by atoms with Gasteiger partial charge in [-0.1, -0.05) is 6.92 Å². The number of amides is 1. The molecule has 1 amide bonds. The van der Waals surface area contributed by atoms with Crippen LogP contribution < -0.4 is 10.6 Å². The summed E-state index contributed by atoms with van der Waals surface area (Å²) in [5.74, 6) is 1.89. The molecule has 2 aromatic rings. The van der Waals surface area contributed by atoms with Crippen LogP contribution in [0.5, 0.6) is 0 Å². The maximum Gasteiger partial charge on any atom is 0.224 e. The van der Waals surface area contributed by atoms with Gasteiger partial charge in [0, 0.05) is 23.4 Å². The van der Waals surface area contributed by atoms with Crippen LogP contribution in [0.4, 0.5) is 11.4 Å². The lowest BCUT2D eigenvalue weighted by Crippen LogP contribution is -2.10. The number of furan rings is 1. The molecule has 21 heavy (non-hydrogen) atoms. The van der Waals surface area contributed by atoms with Crippen LogP contribution in [0.15, 0.2) is 34.7 Å². The van der Waals surface area contributed by atoms with E-state index in [1.54, 1.807) is 0 Å². The standard InChI is InChI=1S/C17H22N2O2/c1-5-17(20)19-15-8-6-14(7-9-15)18-12(3)16-10-11(2)21-13(16)4/h6-10,12,18H,5H2,1-4H3,(H,19,20). The fourth-order valence-corrected chi connectivity index (χ4v) is 2.31. The number of hydrogen-bond acceptors (Lipinski definition) is 3. The molecule has 1 heterocycles. The molecule has 0 saturated heterocycles. The summed E-state index contributed by atoms with van der Waals surface area (Å²) in [4.78, 5) is 11.3. The molecule has 1 unspecified atom stereocenters. The largest absolute Gasteiger partial charge is 0.466 e. The van der Waals surface area contributed by atoms with Crippen LogP contribution in [0.3, 0.4) is 0 Å². The molecule has 1 atom stereocenters. The minimum absolute atomic E-state index is 0.0218. The van der Waals surface area contributed by atoms with Crippen LogP contribution in [0.1, 0.15) is 43.4 Å². The summed E-state index contributed by atoms with van der Waals surface area (Å²) in [7, 11) is 0. The van der Waals surface area contributed by atoms with Gasteiger partial charge in [0.05, 0.1) is 6.04 Å². The van der Waals surface area contributed by atoms with Crippen molar-refractivity contribution in [3.63, 3.8) is 0 Å². The lowest BCUT2D eigenvalue weighted by molar-refractivity contribution is -0.115. The molecule has 2 N–H and O–H groups in total. The first-order valence-corrected chi connectivity index (χ1v) is 7.23. The van der Waals surface area contributed by atoms with E-state index in [-0.39, 0.29) is 11.9 Å². The number of nitrogens with one attached hydrogen (secondary N) is 2. The Morgan fingerprint density at radius 3 is 2.33 bits per heavy atom. The first-order valence-electron chi connectivity index (χ1n) is 7.23. The van der Waals surface area contributed by atoms with Gasteiger partial charge < -0.3 is 15.1 Å². The van der Waals surface area contributed by atoms with Gasteiger partial charge in [-0.25, -0.2) is 0 Å². The normalized spacial score (nSPS) is 12.0. The van der Waals surface area contributed by atoms with Crippen LogP contribution in [0.25, 0.3) is 0 Å². The molecule has 4 nitrogen and oxygen atoms in total. The smallest absolute Gasteiger partial charge is 0.224 e. The second-order valence-corrected chi connectivity index (χ2v) is 5.21. The van der Waals surface area contributed by atoms with E-state index in [9.17, 15) is 4.79 Å². The Morgan fingerprint density at radius 2 is 1.81 bits per heavy atom. The summed E-state index contributed by atoms with van der Waals surface area (Å²) in [5, 5.41) is 6.27. The van der Waals surface area contributed by atoms with Crippen molar-refractivity contribution in [2.75, 3.05) is 10.6 Å². The molecule has 0 aliphatic heterocycles. The number of carbonyl (C=O) groups excluding carboxylic acids is 1. The molecule has 0 spiro atoms.